The average Bonchev–Trinajstić information content (AvgIpc) is 3.04. The molecular weight excluding hydrogens is 262 g/mol. The van der Waals surface area contributed by atoms with E-state index < -0.39 is 0 Å². The van der Waals surface area contributed by atoms with Crippen LogP contribution in [0.5, 0.6) is 0 Å². The molecule has 1 fully saturated rings. The molecule has 3 heterocycles. The fourth-order valence-electron chi connectivity index (χ4n) is 2.56. The second-order valence-corrected chi connectivity index (χ2v) is 5.59. The molecule has 2 atom stereocenters. The topological polar surface area (TPSA) is 76.3 Å². The van der Waals surface area contributed by atoms with E-state index in [2.05, 4.69) is 34.3 Å². The molecule has 0 amide bonds. The first-order valence-corrected chi connectivity index (χ1v) is 7.15. The molecule has 3 N–H and O–H groups in total. The largest absolute Gasteiger partial charge is 0.376 e. The van der Waals surface area contributed by atoms with Crippen molar-refractivity contribution < 1.29 is 4.74 Å². The van der Waals surface area contributed by atoms with Crippen LogP contribution in [0.3, 0.4) is 0 Å². The van der Waals surface area contributed by atoms with Gasteiger partial charge in [0.1, 0.15) is 10.6 Å². The summed E-state index contributed by atoms with van der Waals surface area (Å²) >= 11 is 1.59. The average molecular weight is 279 g/mol. The molecule has 1 aliphatic heterocycles. The van der Waals surface area contributed by atoms with Crippen molar-refractivity contribution >= 4 is 33.3 Å². The fourth-order valence-corrected chi connectivity index (χ4v) is 3.32. The SMILES string of the molecule is CC1OCCC1N(C)c1nc(NN)nc2sccc12. The van der Waals surface area contributed by atoms with Crippen LogP contribution in [0.1, 0.15) is 13.3 Å². The molecule has 7 heteroatoms. The van der Waals surface area contributed by atoms with E-state index in [9.17, 15) is 0 Å². The molecule has 2 aromatic rings. The van der Waals surface area contributed by atoms with E-state index in [-0.39, 0.29) is 6.10 Å². The molecule has 2 unspecified atom stereocenters. The number of hydrazine groups is 1. The van der Waals surface area contributed by atoms with Crippen molar-refractivity contribution in [1.29, 1.82) is 0 Å². The van der Waals surface area contributed by atoms with Gasteiger partial charge in [-0.2, -0.15) is 4.98 Å². The third-order valence-corrected chi connectivity index (χ3v) is 4.41. The van der Waals surface area contributed by atoms with E-state index in [1.165, 1.54) is 0 Å². The van der Waals surface area contributed by atoms with Crippen LogP contribution in [0.2, 0.25) is 0 Å². The zero-order chi connectivity index (χ0) is 13.4. The summed E-state index contributed by atoms with van der Waals surface area (Å²) in [7, 11) is 2.05. The third-order valence-electron chi connectivity index (χ3n) is 3.60. The number of nitrogens with one attached hydrogen (secondary N) is 1. The highest BCUT2D eigenvalue weighted by Gasteiger charge is 2.29. The van der Waals surface area contributed by atoms with Gasteiger partial charge in [0.2, 0.25) is 5.95 Å². The van der Waals surface area contributed by atoms with E-state index in [1.54, 1.807) is 11.3 Å². The fraction of sp³-hybridized carbons (Fsp3) is 0.500. The van der Waals surface area contributed by atoms with Crippen LogP contribution in [0.25, 0.3) is 10.2 Å². The number of nitrogens with zero attached hydrogens (tertiary/aromatic N) is 3. The molecule has 0 radical (unpaired) electrons. The van der Waals surface area contributed by atoms with Crippen molar-refractivity contribution in [3.05, 3.63) is 11.4 Å². The number of hydrogen-bond donors (Lipinski definition) is 2. The first kappa shape index (κ1) is 12.6. The zero-order valence-corrected chi connectivity index (χ0v) is 11.8. The maximum atomic E-state index is 5.64. The lowest BCUT2D eigenvalue weighted by atomic mass is 10.1. The molecule has 0 saturated carbocycles. The van der Waals surface area contributed by atoms with E-state index in [1.807, 2.05) is 11.4 Å². The molecule has 0 spiro atoms. The van der Waals surface area contributed by atoms with Gasteiger partial charge in [-0.3, -0.25) is 5.43 Å². The highest BCUT2D eigenvalue weighted by molar-refractivity contribution is 7.16. The minimum Gasteiger partial charge on any atom is -0.376 e. The smallest absolute Gasteiger partial charge is 0.240 e. The van der Waals surface area contributed by atoms with Crippen LogP contribution < -0.4 is 16.2 Å². The van der Waals surface area contributed by atoms with Crippen molar-refractivity contribution in [2.45, 2.75) is 25.5 Å². The Morgan fingerprint density at radius 1 is 1.53 bits per heavy atom. The highest BCUT2D eigenvalue weighted by Crippen LogP contribution is 2.31. The summed E-state index contributed by atoms with van der Waals surface area (Å²) < 4.78 is 5.64. The van der Waals surface area contributed by atoms with Crippen molar-refractivity contribution in [3.8, 4) is 0 Å². The molecule has 19 heavy (non-hydrogen) atoms. The summed E-state index contributed by atoms with van der Waals surface area (Å²) in [6.45, 7) is 2.90. The summed E-state index contributed by atoms with van der Waals surface area (Å²) in [5.41, 5.74) is 2.53. The summed E-state index contributed by atoms with van der Waals surface area (Å²) in [5, 5.41) is 3.08. The van der Waals surface area contributed by atoms with Crippen LogP contribution in [-0.4, -0.2) is 35.8 Å². The maximum Gasteiger partial charge on any atom is 0.240 e. The minimum atomic E-state index is 0.211. The van der Waals surface area contributed by atoms with Crippen molar-refractivity contribution in [2.75, 3.05) is 24.0 Å². The number of nitrogens with two attached hydrogens (primary N) is 1. The van der Waals surface area contributed by atoms with Crippen LogP contribution in [0.4, 0.5) is 11.8 Å². The normalized spacial score (nSPS) is 22.9. The van der Waals surface area contributed by atoms with Gasteiger partial charge in [0.15, 0.2) is 0 Å². The predicted octanol–water partition coefficient (Wildman–Crippen LogP) is 1.59. The number of aromatic nitrogens is 2. The van der Waals surface area contributed by atoms with E-state index in [0.717, 1.165) is 29.1 Å². The lowest BCUT2D eigenvalue weighted by Crippen LogP contribution is -2.37. The molecule has 0 aromatic carbocycles. The number of ether oxygens (including phenoxy) is 1. The standard InChI is InChI=1S/C12H17N5OS/c1-7-9(3-5-18-7)17(2)10-8-4-6-19-11(8)15-12(14-10)16-13/h4,6-7,9H,3,5,13H2,1-2H3,(H,14,15,16). The number of nitrogen functional groups attached to an aromatic ring is 1. The lowest BCUT2D eigenvalue weighted by Gasteiger charge is -2.28. The molecular formula is C12H17N5OS. The van der Waals surface area contributed by atoms with Gasteiger partial charge in [0.25, 0.3) is 0 Å². The molecule has 6 nitrogen and oxygen atoms in total. The van der Waals surface area contributed by atoms with Crippen LogP contribution in [-0.2, 0) is 4.74 Å². The molecule has 1 aliphatic rings. The Morgan fingerprint density at radius 3 is 3.05 bits per heavy atom. The van der Waals surface area contributed by atoms with Crippen molar-refractivity contribution in [1.82, 2.24) is 9.97 Å². The maximum absolute atomic E-state index is 5.64. The second kappa shape index (κ2) is 4.92. The number of rotatable bonds is 3. The molecule has 102 valence electrons. The highest BCUT2D eigenvalue weighted by atomic mass is 32.1. The minimum absolute atomic E-state index is 0.211. The van der Waals surface area contributed by atoms with E-state index >= 15 is 0 Å². The summed E-state index contributed by atoms with van der Waals surface area (Å²) in [6.07, 6.45) is 1.22. The quantitative estimate of drug-likeness (QED) is 0.656. The van der Waals surface area contributed by atoms with Gasteiger partial charge in [-0.05, 0) is 24.8 Å². The number of fused-ring (bicyclic) bond motifs is 1. The second-order valence-electron chi connectivity index (χ2n) is 4.70. The van der Waals surface area contributed by atoms with E-state index in [4.69, 9.17) is 10.6 Å². The third kappa shape index (κ3) is 2.13. The van der Waals surface area contributed by atoms with Crippen LogP contribution in [0, 0.1) is 0 Å². The van der Waals surface area contributed by atoms with Crippen molar-refractivity contribution in [3.63, 3.8) is 0 Å². The summed E-state index contributed by atoms with van der Waals surface area (Å²) in [5.74, 6) is 6.80. The Morgan fingerprint density at radius 2 is 2.37 bits per heavy atom. The first-order valence-electron chi connectivity index (χ1n) is 6.27. The Bertz CT molecular complexity index is 587. The van der Waals surface area contributed by atoms with Gasteiger partial charge in [-0.1, -0.05) is 0 Å². The number of hydrogen-bond acceptors (Lipinski definition) is 7. The Balaban J connectivity index is 2.05. The molecule has 2 aromatic heterocycles. The van der Waals surface area contributed by atoms with E-state index in [0.29, 0.717) is 12.0 Å². The van der Waals surface area contributed by atoms with Gasteiger partial charge >= 0.3 is 0 Å². The Hall–Kier alpha value is -1.44. The monoisotopic (exact) mass is 279 g/mol. The van der Waals surface area contributed by atoms with Crippen LogP contribution >= 0.6 is 11.3 Å². The summed E-state index contributed by atoms with van der Waals surface area (Å²) in [6, 6.07) is 2.38. The number of anilines is 2. The first-order chi connectivity index (χ1) is 9.20. The molecule has 1 saturated heterocycles. The van der Waals surface area contributed by atoms with Crippen molar-refractivity contribution in [2.24, 2.45) is 5.84 Å². The van der Waals surface area contributed by atoms with Gasteiger partial charge in [-0.15, -0.1) is 11.3 Å². The molecule has 0 bridgehead atoms. The van der Waals surface area contributed by atoms with Gasteiger partial charge in [-0.25, -0.2) is 10.8 Å². The van der Waals surface area contributed by atoms with Gasteiger partial charge in [0, 0.05) is 13.7 Å². The lowest BCUT2D eigenvalue weighted by molar-refractivity contribution is 0.118. The molecule has 0 aliphatic carbocycles. The van der Waals surface area contributed by atoms with Gasteiger partial charge < -0.3 is 9.64 Å². The zero-order valence-electron chi connectivity index (χ0n) is 11.0. The predicted molar refractivity (Wildman–Crippen MR) is 77.4 cm³/mol. The number of thiophene rings is 1. The number of likely N-dealkylation sites (N-methyl/N-ethyl adjacent to an activating group) is 1. The Labute approximate surface area is 115 Å². The van der Waals surface area contributed by atoms with Gasteiger partial charge in [0.05, 0.1) is 17.5 Å². The van der Waals surface area contributed by atoms with Crippen LogP contribution in [0.15, 0.2) is 11.4 Å². The molecule has 3 rings (SSSR count). The summed E-state index contributed by atoms with van der Waals surface area (Å²) in [4.78, 5) is 12.0. The Kier molecular flexibility index (Phi) is 3.26.